The lowest BCUT2D eigenvalue weighted by molar-refractivity contribution is 0.0751. The van der Waals surface area contributed by atoms with Crippen LogP contribution >= 0.6 is 0 Å². The molecule has 33 heavy (non-hydrogen) atoms. The summed E-state index contributed by atoms with van der Waals surface area (Å²) in [6, 6.07) is 15.6. The van der Waals surface area contributed by atoms with Crippen molar-refractivity contribution in [2.75, 3.05) is 19.1 Å². The number of ether oxygens (including phenoxy) is 2. The number of nitrogens with zero attached hydrogens (tertiary/aromatic N) is 5. The maximum atomic E-state index is 13.0. The van der Waals surface area contributed by atoms with Crippen LogP contribution in [0, 0.1) is 22.7 Å². The maximum Gasteiger partial charge on any atom is 0.273 e. The van der Waals surface area contributed by atoms with E-state index in [2.05, 4.69) is 15.6 Å². The van der Waals surface area contributed by atoms with Gasteiger partial charge in [0.25, 0.3) is 5.91 Å². The lowest BCUT2D eigenvalue weighted by Gasteiger charge is -2.24. The van der Waals surface area contributed by atoms with E-state index in [0.29, 0.717) is 29.3 Å². The molecule has 9 nitrogen and oxygen atoms in total. The van der Waals surface area contributed by atoms with E-state index < -0.39 is 0 Å². The molecular weight excluding hydrogens is 420 g/mol. The number of carbonyl (C=O) groups is 1. The Hall–Kier alpha value is -4.37. The molecule has 0 saturated carbocycles. The van der Waals surface area contributed by atoms with Gasteiger partial charge >= 0.3 is 0 Å². The zero-order valence-corrected chi connectivity index (χ0v) is 18.7. The summed E-state index contributed by atoms with van der Waals surface area (Å²) in [5.74, 6) is 1.06. The van der Waals surface area contributed by atoms with Gasteiger partial charge < -0.3 is 9.47 Å². The minimum Gasteiger partial charge on any atom is -0.493 e. The summed E-state index contributed by atoms with van der Waals surface area (Å²) in [6.07, 6.45) is 1.53. The van der Waals surface area contributed by atoms with Gasteiger partial charge in [-0.1, -0.05) is 0 Å². The average Bonchev–Trinajstić information content (AvgIpc) is 2.84. The highest BCUT2D eigenvalue weighted by Gasteiger charge is 2.21. The first kappa shape index (κ1) is 23.3. The number of rotatable bonds is 7. The molecule has 1 aliphatic rings. The molecule has 0 aromatic heterocycles. The van der Waals surface area contributed by atoms with Crippen LogP contribution in [0.15, 0.2) is 52.7 Å². The molecule has 1 aliphatic heterocycles. The number of benzene rings is 2. The number of anilines is 1. The fourth-order valence-electron chi connectivity index (χ4n) is 3.23. The van der Waals surface area contributed by atoms with Gasteiger partial charge in [-0.2, -0.15) is 20.7 Å². The van der Waals surface area contributed by atoms with Crippen LogP contribution in [0.4, 0.5) is 5.69 Å². The Balaban J connectivity index is 1.78. The molecule has 0 atom stereocenters. The minimum atomic E-state index is -0.286. The van der Waals surface area contributed by atoms with Gasteiger partial charge in [-0.05, 0) is 69.2 Å². The van der Waals surface area contributed by atoms with Crippen molar-refractivity contribution in [3.63, 3.8) is 0 Å². The fraction of sp³-hybridized carbons (Fsp3) is 0.292. The summed E-state index contributed by atoms with van der Waals surface area (Å²) in [6.45, 7) is 4.42. The van der Waals surface area contributed by atoms with Crippen LogP contribution in [0.25, 0.3) is 0 Å². The third-order valence-electron chi connectivity index (χ3n) is 4.76. The second kappa shape index (κ2) is 10.8. The van der Waals surface area contributed by atoms with Crippen molar-refractivity contribution >= 4 is 23.0 Å². The number of hydrogen-bond donors (Lipinski definition) is 1. The van der Waals surface area contributed by atoms with Gasteiger partial charge in [0, 0.05) is 17.7 Å². The number of hydrazone groups is 2. The van der Waals surface area contributed by atoms with Crippen LogP contribution in [-0.2, 0) is 0 Å². The van der Waals surface area contributed by atoms with E-state index in [1.807, 2.05) is 32.0 Å². The highest BCUT2D eigenvalue weighted by atomic mass is 16.5. The second-order valence-electron chi connectivity index (χ2n) is 7.48. The van der Waals surface area contributed by atoms with Crippen LogP contribution in [-0.4, -0.2) is 42.1 Å². The second-order valence-corrected chi connectivity index (χ2v) is 7.48. The summed E-state index contributed by atoms with van der Waals surface area (Å²) in [5, 5.41) is 27.2. The minimum absolute atomic E-state index is 0.00457. The summed E-state index contributed by atoms with van der Waals surface area (Å²) >= 11 is 0. The van der Waals surface area contributed by atoms with E-state index in [9.17, 15) is 4.79 Å². The van der Waals surface area contributed by atoms with Crippen molar-refractivity contribution in [3.8, 4) is 23.6 Å². The molecule has 1 N–H and O–H groups in total. The average molecular weight is 444 g/mol. The molecule has 0 bridgehead atoms. The molecule has 9 heteroatoms. The Morgan fingerprint density at radius 2 is 1.88 bits per heavy atom. The Bertz CT molecular complexity index is 1140. The van der Waals surface area contributed by atoms with Crippen molar-refractivity contribution in [2.45, 2.75) is 32.8 Å². The molecule has 0 aliphatic carbocycles. The fourth-order valence-corrected chi connectivity index (χ4v) is 3.23. The van der Waals surface area contributed by atoms with Crippen LogP contribution in [0.1, 0.15) is 42.6 Å². The molecular formula is C24H24N6O3. The van der Waals surface area contributed by atoms with E-state index in [0.717, 1.165) is 24.1 Å². The van der Waals surface area contributed by atoms with Crippen LogP contribution < -0.4 is 14.9 Å². The molecule has 0 spiro atoms. The molecule has 0 radical (unpaired) electrons. The van der Waals surface area contributed by atoms with Gasteiger partial charge in [0.2, 0.25) is 5.71 Å². The van der Waals surface area contributed by atoms with Crippen LogP contribution in [0.3, 0.4) is 0 Å². The number of amides is 1. The van der Waals surface area contributed by atoms with Gasteiger partial charge in [-0.15, -0.1) is 0 Å². The summed E-state index contributed by atoms with van der Waals surface area (Å²) in [5.41, 5.74) is 5.03. The third-order valence-corrected chi connectivity index (χ3v) is 4.76. The van der Waals surface area contributed by atoms with Crippen LogP contribution in [0.5, 0.6) is 11.5 Å². The topological polar surface area (TPSA) is 123 Å². The summed E-state index contributed by atoms with van der Waals surface area (Å²) in [4.78, 5) is 13.0. The van der Waals surface area contributed by atoms with E-state index in [-0.39, 0.29) is 17.7 Å². The Morgan fingerprint density at radius 1 is 1.15 bits per heavy atom. The SMILES string of the molecule is COc1ccc(C2=NN(C(=O)c3ccc(NN=C(C#N)C#N)cc3)CCC2)cc1OC(C)C. The summed E-state index contributed by atoms with van der Waals surface area (Å²) in [7, 11) is 1.60. The number of methoxy groups -OCH3 is 1. The standard InChI is InChI=1S/C24H24N6O3/c1-16(2)33-23-13-18(8-11-22(23)32-3)21-5-4-12-30(29-21)24(31)17-6-9-19(10-7-17)27-28-20(14-25)15-26/h6-11,13,16,27H,4-5,12H2,1-3H3. The predicted molar refractivity (Wildman–Crippen MR) is 124 cm³/mol. The molecule has 1 heterocycles. The van der Waals surface area contributed by atoms with E-state index in [1.54, 1.807) is 43.5 Å². The lowest BCUT2D eigenvalue weighted by Crippen LogP contribution is -2.32. The quantitative estimate of drug-likeness (QED) is 0.510. The Morgan fingerprint density at radius 3 is 2.52 bits per heavy atom. The monoisotopic (exact) mass is 444 g/mol. The van der Waals surface area contributed by atoms with Crippen molar-refractivity contribution < 1.29 is 14.3 Å². The predicted octanol–water partition coefficient (Wildman–Crippen LogP) is 3.94. The van der Waals surface area contributed by atoms with Crippen molar-refractivity contribution in [3.05, 3.63) is 53.6 Å². The van der Waals surface area contributed by atoms with E-state index in [1.165, 1.54) is 5.01 Å². The third kappa shape index (κ3) is 5.86. The highest BCUT2D eigenvalue weighted by Crippen LogP contribution is 2.30. The van der Waals surface area contributed by atoms with Gasteiger partial charge in [0.1, 0.15) is 12.1 Å². The first-order chi connectivity index (χ1) is 15.9. The van der Waals surface area contributed by atoms with Gasteiger partial charge in [0.05, 0.1) is 24.6 Å². The summed E-state index contributed by atoms with van der Waals surface area (Å²) < 4.78 is 11.2. The number of nitrogens with one attached hydrogen (secondary N) is 1. The molecule has 0 unspecified atom stereocenters. The number of carbonyl (C=O) groups excluding carboxylic acids is 1. The Kier molecular flexibility index (Phi) is 7.61. The number of hydrogen-bond acceptors (Lipinski definition) is 8. The largest absolute Gasteiger partial charge is 0.493 e. The van der Waals surface area contributed by atoms with Crippen LogP contribution in [0.2, 0.25) is 0 Å². The molecule has 2 aromatic rings. The Labute approximate surface area is 192 Å². The molecule has 168 valence electrons. The maximum absolute atomic E-state index is 13.0. The van der Waals surface area contributed by atoms with Gasteiger partial charge in [0.15, 0.2) is 11.5 Å². The van der Waals surface area contributed by atoms with Gasteiger partial charge in [-0.25, -0.2) is 5.01 Å². The lowest BCUT2D eigenvalue weighted by atomic mass is 10.0. The normalized spacial score (nSPS) is 12.8. The zero-order chi connectivity index (χ0) is 23.8. The molecule has 2 aromatic carbocycles. The highest BCUT2D eigenvalue weighted by molar-refractivity contribution is 6.10. The number of nitriles is 2. The van der Waals surface area contributed by atoms with E-state index >= 15 is 0 Å². The van der Waals surface area contributed by atoms with Crippen molar-refractivity contribution in [1.82, 2.24) is 5.01 Å². The first-order valence-corrected chi connectivity index (χ1v) is 10.4. The van der Waals surface area contributed by atoms with Gasteiger partial charge in [-0.3, -0.25) is 10.2 Å². The molecule has 0 saturated heterocycles. The van der Waals surface area contributed by atoms with Crippen molar-refractivity contribution in [2.24, 2.45) is 10.2 Å². The van der Waals surface area contributed by atoms with E-state index in [4.69, 9.17) is 20.0 Å². The molecule has 0 fully saturated rings. The first-order valence-electron chi connectivity index (χ1n) is 10.4. The smallest absolute Gasteiger partial charge is 0.273 e. The zero-order valence-electron chi connectivity index (χ0n) is 18.7. The molecule has 1 amide bonds. The van der Waals surface area contributed by atoms with Crippen molar-refractivity contribution in [1.29, 1.82) is 10.5 Å². The molecule has 3 rings (SSSR count).